The maximum atomic E-state index is 3.89. The Morgan fingerprint density at radius 2 is 0.667 bits per heavy atom. The second-order valence-electron chi connectivity index (χ2n) is 24.3. The third-order valence-corrected chi connectivity index (χ3v) is 17.0. The highest BCUT2D eigenvalue weighted by atomic mass is 79.9. The maximum Gasteiger partial charge on any atom is 0.0216 e. The molecule has 3 aliphatic rings. The highest BCUT2D eigenvalue weighted by Crippen LogP contribution is 2.58. The zero-order valence-corrected chi connectivity index (χ0v) is 44.3. The van der Waals surface area contributed by atoms with Crippen LogP contribution in [0.2, 0.25) is 0 Å². The number of hydrogen-bond donors (Lipinski definition) is 0. The van der Waals surface area contributed by atoms with Gasteiger partial charge in [0.2, 0.25) is 0 Å². The molecule has 9 rings (SSSR count). The van der Waals surface area contributed by atoms with Crippen LogP contribution in [0.1, 0.15) is 180 Å². The third kappa shape index (κ3) is 8.10. The Morgan fingerprint density at radius 3 is 1.02 bits per heavy atom. The summed E-state index contributed by atoms with van der Waals surface area (Å²) in [6.07, 6.45) is 9.62. The van der Waals surface area contributed by atoms with Gasteiger partial charge in [0.15, 0.2) is 0 Å². The number of hydrogen-bond acceptors (Lipinski definition) is 0. The molecule has 0 amide bonds. The van der Waals surface area contributed by atoms with E-state index in [2.05, 4.69) is 215 Å². The van der Waals surface area contributed by atoms with E-state index in [0.717, 1.165) is 0 Å². The topological polar surface area (TPSA) is 0 Å². The van der Waals surface area contributed by atoms with Gasteiger partial charge < -0.3 is 0 Å². The highest BCUT2D eigenvalue weighted by Gasteiger charge is 2.45. The molecule has 0 nitrogen and oxygen atoms in total. The van der Waals surface area contributed by atoms with Crippen molar-refractivity contribution in [1.29, 1.82) is 0 Å². The molecule has 6 aromatic carbocycles. The largest absolute Gasteiger partial charge is 0.0628 e. The summed E-state index contributed by atoms with van der Waals surface area (Å²) in [4.78, 5) is 0. The Morgan fingerprint density at radius 1 is 0.379 bits per heavy atom. The minimum atomic E-state index is -0.136. The molecule has 344 valence electrons. The quantitative estimate of drug-likeness (QED) is 0.102. The van der Waals surface area contributed by atoms with Crippen molar-refractivity contribution in [3.05, 3.63) is 153 Å². The average Bonchev–Trinajstić information content (AvgIpc) is 3.79. The third-order valence-electron chi connectivity index (χ3n) is 16.5. The molecule has 0 N–H and O–H groups in total. The first-order valence-electron chi connectivity index (χ1n) is 25.8. The van der Waals surface area contributed by atoms with Gasteiger partial charge in [-0.05, 0) is 211 Å². The van der Waals surface area contributed by atoms with Crippen molar-refractivity contribution in [2.24, 2.45) is 23.7 Å². The highest BCUT2D eigenvalue weighted by molar-refractivity contribution is 9.10. The fourth-order valence-corrected chi connectivity index (χ4v) is 12.7. The van der Waals surface area contributed by atoms with Crippen molar-refractivity contribution in [3.8, 4) is 55.6 Å². The van der Waals surface area contributed by atoms with Crippen molar-refractivity contribution in [2.45, 2.75) is 163 Å². The molecule has 0 unspecified atom stereocenters. The van der Waals surface area contributed by atoms with E-state index in [1.165, 1.54) is 139 Å². The second kappa shape index (κ2) is 17.4. The van der Waals surface area contributed by atoms with Gasteiger partial charge in [-0.1, -0.05) is 179 Å². The van der Waals surface area contributed by atoms with Crippen LogP contribution in [-0.2, 0) is 21.7 Å². The van der Waals surface area contributed by atoms with Crippen molar-refractivity contribution < 1.29 is 0 Å². The lowest BCUT2D eigenvalue weighted by molar-refractivity contribution is 0.363. The molecule has 1 heteroatoms. The number of rotatable bonds is 14. The fourth-order valence-electron chi connectivity index (χ4n) is 12.4. The van der Waals surface area contributed by atoms with Crippen LogP contribution in [0.15, 0.2) is 114 Å². The second-order valence-corrected chi connectivity index (χ2v) is 25.2. The summed E-state index contributed by atoms with van der Waals surface area (Å²) in [6.45, 7) is 31.2. The minimum Gasteiger partial charge on any atom is -0.0628 e. The average molecular weight is 938 g/mol. The van der Waals surface area contributed by atoms with Crippen LogP contribution in [0.5, 0.6) is 0 Å². The molecular weight excluding hydrogens is 861 g/mol. The van der Waals surface area contributed by atoms with Crippen LogP contribution < -0.4 is 0 Å². The first-order chi connectivity index (χ1) is 31.2. The molecule has 0 aromatic heterocycles. The summed E-state index contributed by atoms with van der Waals surface area (Å²) >= 11 is 3.89. The summed E-state index contributed by atoms with van der Waals surface area (Å²) in [7, 11) is 0. The monoisotopic (exact) mass is 937 g/mol. The molecule has 66 heavy (non-hydrogen) atoms. The number of fused-ring (bicyclic) bond motifs is 9. The molecule has 0 fully saturated rings. The van der Waals surface area contributed by atoms with E-state index >= 15 is 0 Å². The lowest BCUT2D eigenvalue weighted by atomic mass is 9.68. The Labute approximate surface area is 408 Å². The molecule has 0 heterocycles. The molecular formula is C65H77Br. The fraction of sp³-hybridized carbons (Fsp3) is 0.446. The van der Waals surface area contributed by atoms with Gasteiger partial charge in [-0.3, -0.25) is 0 Å². The lowest BCUT2D eigenvalue weighted by Crippen LogP contribution is -2.27. The normalized spacial score (nSPS) is 15.9. The van der Waals surface area contributed by atoms with E-state index in [-0.39, 0.29) is 21.7 Å². The van der Waals surface area contributed by atoms with Gasteiger partial charge in [0.1, 0.15) is 0 Å². The number of benzene rings is 6. The van der Waals surface area contributed by atoms with E-state index in [4.69, 9.17) is 0 Å². The van der Waals surface area contributed by atoms with E-state index in [1.807, 2.05) is 0 Å². The van der Waals surface area contributed by atoms with Crippen molar-refractivity contribution in [3.63, 3.8) is 0 Å². The van der Waals surface area contributed by atoms with Crippen LogP contribution in [0.4, 0.5) is 0 Å². The van der Waals surface area contributed by atoms with E-state index < -0.39 is 0 Å². The standard InChI is InChI=1S/C65H77Br/c1-40(2)26-30-64(31-27-41(3)4)58-36-46(16-22-52(58)54-24-18-48(38-60(54)64)62(9,10)11)44-14-20-50-51-21-15-45(35-57(51)63(12,13)56(50)34-44)47-17-23-53-55-25-19-49(66)39-61(55)65(59(53)37-47,32-28-42(5)6)33-29-43(7)8/h14-25,34-43H,26-33H2,1-13H3. The van der Waals surface area contributed by atoms with Crippen molar-refractivity contribution in [1.82, 2.24) is 0 Å². The van der Waals surface area contributed by atoms with E-state index in [0.29, 0.717) is 23.7 Å². The first-order valence-corrected chi connectivity index (χ1v) is 26.6. The molecule has 0 atom stereocenters. The Hall–Kier alpha value is -4.20. The van der Waals surface area contributed by atoms with Gasteiger partial charge in [-0.2, -0.15) is 0 Å². The van der Waals surface area contributed by atoms with Crippen LogP contribution in [-0.4, -0.2) is 0 Å². The zero-order chi connectivity index (χ0) is 47.1. The summed E-state index contributed by atoms with van der Waals surface area (Å²) in [6, 6.07) is 44.2. The van der Waals surface area contributed by atoms with Crippen LogP contribution in [0.25, 0.3) is 55.6 Å². The Bertz CT molecular complexity index is 2770. The van der Waals surface area contributed by atoms with Gasteiger partial charge in [0.05, 0.1) is 0 Å². The van der Waals surface area contributed by atoms with Crippen LogP contribution in [0, 0.1) is 23.7 Å². The summed E-state index contributed by atoms with van der Waals surface area (Å²) < 4.78 is 1.18. The van der Waals surface area contributed by atoms with Gasteiger partial charge in [-0.15, -0.1) is 0 Å². The number of halogens is 1. The molecule has 0 saturated carbocycles. The minimum absolute atomic E-state index is 0.0127. The van der Waals surface area contributed by atoms with E-state index in [1.54, 1.807) is 11.1 Å². The molecule has 0 aliphatic heterocycles. The van der Waals surface area contributed by atoms with Crippen molar-refractivity contribution >= 4 is 15.9 Å². The zero-order valence-electron chi connectivity index (χ0n) is 42.7. The molecule has 6 aromatic rings. The van der Waals surface area contributed by atoms with Gasteiger partial charge >= 0.3 is 0 Å². The van der Waals surface area contributed by atoms with Gasteiger partial charge in [0, 0.05) is 20.7 Å². The first kappa shape index (κ1) is 46.9. The van der Waals surface area contributed by atoms with Gasteiger partial charge in [0.25, 0.3) is 0 Å². The molecule has 0 saturated heterocycles. The van der Waals surface area contributed by atoms with Gasteiger partial charge in [-0.25, -0.2) is 0 Å². The van der Waals surface area contributed by atoms with E-state index in [9.17, 15) is 0 Å². The molecule has 3 aliphatic carbocycles. The SMILES string of the molecule is CC(C)CCC1(CCC(C)C)c2cc(Br)ccc2-c2ccc(-c3ccc4c(c3)C(C)(C)c3cc(-c5ccc6c(c5)C(CCC(C)C)(CCC(C)C)c5cc(C(C)(C)C)ccc5-6)ccc3-4)cc21. The smallest absolute Gasteiger partial charge is 0.0216 e. The van der Waals surface area contributed by atoms with Crippen LogP contribution in [0.3, 0.4) is 0 Å². The predicted octanol–water partition coefficient (Wildman–Crippen LogP) is 19.7. The summed E-state index contributed by atoms with van der Waals surface area (Å²) in [5, 5.41) is 0. The van der Waals surface area contributed by atoms with Crippen molar-refractivity contribution in [2.75, 3.05) is 0 Å². The van der Waals surface area contributed by atoms with Crippen LogP contribution >= 0.6 is 15.9 Å². The maximum absolute atomic E-state index is 3.89. The summed E-state index contributed by atoms with van der Waals surface area (Å²) in [5.41, 5.74) is 24.3. The lowest BCUT2D eigenvalue weighted by Gasteiger charge is -2.35. The summed E-state index contributed by atoms with van der Waals surface area (Å²) in [5.74, 6) is 2.63. The Kier molecular flexibility index (Phi) is 12.4. The Balaban J connectivity index is 1.10. The molecule has 0 bridgehead atoms. The predicted molar refractivity (Wildman–Crippen MR) is 290 cm³/mol. The molecule has 0 spiro atoms. The molecule has 0 radical (unpaired) electrons.